The lowest BCUT2D eigenvalue weighted by molar-refractivity contribution is -0.137. The zero-order chi connectivity index (χ0) is 13.2. The monoisotopic (exact) mass is 261 g/mol. The summed E-state index contributed by atoms with van der Waals surface area (Å²) in [5, 5.41) is 7.17. The van der Waals surface area contributed by atoms with Gasteiger partial charge in [0, 0.05) is 5.56 Å². The van der Waals surface area contributed by atoms with Gasteiger partial charge in [0.1, 0.15) is 0 Å². The predicted octanol–water partition coefficient (Wildman–Crippen LogP) is 2.77. The molecule has 1 rings (SSSR count). The summed E-state index contributed by atoms with van der Waals surface area (Å²) in [4.78, 5) is 21.6. The van der Waals surface area contributed by atoms with Crippen LogP contribution in [0.2, 0.25) is 0 Å². The zero-order valence-electron chi connectivity index (χ0n) is 8.01. The topological polar surface area (TPSA) is 57.9 Å². The summed E-state index contributed by atoms with van der Waals surface area (Å²) in [6, 6.07) is 2.87. The Morgan fingerprint density at radius 1 is 1.41 bits per heavy atom. The van der Waals surface area contributed by atoms with Crippen molar-refractivity contribution in [3.05, 3.63) is 34.4 Å². The third kappa shape index (κ3) is 2.45. The standard InChI is InChI=1S/C10H3ClF3NO2/c11-9(17)8-6(4-16)5(3-15)1-2-7(8)10(12,13)14/h1-2,4H. The Bertz CT molecular complexity index is 532. The average molecular weight is 262 g/mol. The molecule has 1 aromatic rings. The number of alkyl halides is 3. The van der Waals surface area contributed by atoms with Gasteiger partial charge >= 0.3 is 6.18 Å². The van der Waals surface area contributed by atoms with Crippen LogP contribution in [0, 0.1) is 11.3 Å². The molecule has 88 valence electrons. The second kappa shape index (κ2) is 4.55. The number of benzene rings is 1. The Balaban J connectivity index is 3.73. The Morgan fingerprint density at radius 2 is 2.00 bits per heavy atom. The smallest absolute Gasteiger partial charge is 0.298 e. The quantitative estimate of drug-likeness (QED) is 0.607. The van der Waals surface area contributed by atoms with Crippen LogP contribution < -0.4 is 0 Å². The lowest BCUT2D eigenvalue weighted by Crippen LogP contribution is -2.14. The number of nitriles is 1. The molecule has 3 nitrogen and oxygen atoms in total. The maximum absolute atomic E-state index is 12.6. The molecule has 0 fully saturated rings. The minimum atomic E-state index is -4.83. The van der Waals surface area contributed by atoms with Crippen LogP contribution in [0.1, 0.15) is 31.8 Å². The van der Waals surface area contributed by atoms with Crippen molar-refractivity contribution in [1.82, 2.24) is 0 Å². The lowest BCUT2D eigenvalue weighted by atomic mass is 9.97. The van der Waals surface area contributed by atoms with Crippen LogP contribution in [0.3, 0.4) is 0 Å². The van der Waals surface area contributed by atoms with E-state index in [9.17, 15) is 22.8 Å². The van der Waals surface area contributed by atoms with E-state index in [0.717, 1.165) is 6.07 Å². The van der Waals surface area contributed by atoms with E-state index < -0.39 is 28.1 Å². The van der Waals surface area contributed by atoms with Crippen LogP contribution in [0.25, 0.3) is 0 Å². The predicted molar refractivity (Wildman–Crippen MR) is 51.7 cm³/mol. The molecular formula is C10H3ClF3NO2. The van der Waals surface area contributed by atoms with E-state index >= 15 is 0 Å². The van der Waals surface area contributed by atoms with Crippen LogP contribution in [0.15, 0.2) is 12.1 Å². The van der Waals surface area contributed by atoms with Crippen LogP contribution in [-0.2, 0) is 6.18 Å². The first-order valence-electron chi connectivity index (χ1n) is 4.12. The van der Waals surface area contributed by atoms with Gasteiger partial charge < -0.3 is 0 Å². The molecule has 0 aromatic heterocycles. The van der Waals surface area contributed by atoms with E-state index in [2.05, 4.69) is 0 Å². The maximum Gasteiger partial charge on any atom is 0.417 e. The molecule has 1 aromatic carbocycles. The zero-order valence-corrected chi connectivity index (χ0v) is 8.76. The van der Waals surface area contributed by atoms with Crippen molar-refractivity contribution in [1.29, 1.82) is 5.26 Å². The van der Waals surface area contributed by atoms with Crippen LogP contribution in [-0.4, -0.2) is 11.5 Å². The average Bonchev–Trinajstić information content (AvgIpc) is 2.25. The van der Waals surface area contributed by atoms with Gasteiger partial charge in [0.2, 0.25) is 0 Å². The molecule has 0 unspecified atom stereocenters. The molecule has 0 aliphatic rings. The van der Waals surface area contributed by atoms with Crippen LogP contribution >= 0.6 is 11.6 Å². The molecular weight excluding hydrogens is 259 g/mol. The number of rotatable bonds is 2. The summed E-state index contributed by atoms with van der Waals surface area (Å²) in [5.41, 5.74) is -3.31. The molecule has 0 amide bonds. The van der Waals surface area contributed by atoms with E-state index in [1.165, 1.54) is 6.07 Å². The number of hydrogen-bond donors (Lipinski definition) is 0. The van der Waals surface area contributed by atoms with Crippen molar-refractivity contribution < 1.29 is 22.8 Å². The van der Waals surface area contributed by atoms with Crippen molar-refractivity contribution >= 4 is 23.1 Å². The minimum Gasteiger partial charge on any atom is -0.298 e. The summed E-state index contributed by atoms with van der Waals surface area (Å²) in [6.07, 6.45) is -4.82. The van der Waals surface area contributed by atoms with Crippen LogP contribution in [0.5, 0.6) is 0 Å². The van der Waals surface area contributed by atoms with E-state index in [1.54, 1.807) is 0 Å². The van der Waals surface area contributed by atoms with Gasteiger partial charge in [-0.15, -0.1) is 0 Å². The van der Waals surface area contributed by atoms with Gasteiger partial charge in [-0.1, -0.05) is 0 Å². The van der Waals surface area contributed by atoms with Gasteiger partial charge in [-0.25, -0.2) is 0 Å². The fourth-order valence-electron chi connectivity index (χ4n) is 1.29. The molecule has 0 atom stereocenters. The molecule has 0 N–H and O–H groups in total. The Labute approximate surface area is 98.4 Å². The highest BCUT2D eigenvalue weighted by Gasteiger charge is 2.36. The molecule has 17 heavy (non-hydrogen) atoms. The van der Waals surface area contributed by atoms with Gasteiger partial charge in [-0.05, 0) is 23.7 Å². The Morgan fingerprint density at radius 3 is 2.35 bits per heavy atom. The Hall–Kier alpha value is -1.87. The first-order valence-corrected chi connectivity index (χ1v) is 4.50. The van der Waals surface area contributed by atoms with Gasteiger partial charge in [-0.2, -0.15) is 18.4 Å². The van der Waals surface area contributed by atoms with Crippen LogP contribution in [0.4, 0.5) is 13.2 Å². The summed E-state index contributed by atoms with van der Waals surface area (Å²) in [7, 11) is 0. The number of nitrogens with zero attached hydrogens (tertiary/aromatic N) is 1. The summed E-state index contributed by atoms with van der Waals surface area (Å²) >= 11 is 5.02. The van der Waals surface area contributed by atoms with E-state index in [0.29, 0.717) is 6.07 Å². The van der Waals surface area contributed by atoms with Gasteiger partial charge in [0.05, 0.1) is 22.8 Å². The molecule has 0 spiro atoms. The van der Waals surface area contributed by atoms with Gasteiger partial charge in [0.25, 0.3) is 5.24 Å². The molecule has 0 saturated carbocycles. The van der Waals surface area contributed by atoms with E-state index in [4.69, 9.17) is 16.9 Å². The highest BCUT2D eigenvalue weighted by atomic mass is 35.5. The molecule has 0 heterocycles. The fraction of sp³-hybridized carbons (Fsp3) is 0.100. The molecule has 0 aliphatic heterocycles. The molecule has 7 heteroatoms. The summed E-state index contributed by atoms with van der Waals surface area (Å²) in [6.45, 7) is 0. The lowest BCUT2D eigenvalue weighted by Gasteiger charge is -2.12. The first-order chi connectivity index (χ1) is 7.82. The fourth-order valence-corrected chi connectivity index (χ4v) is 1.49. The second-order valence-corrected chi connectivity index (χ2v) is 3.29. The van der Waals surface area contributed by atoms with E-state index in [-0.39, 0.29) is 11.8 Å². The van der Waals surface area contributed by atoms with Gasteiger partial charge in [-0.3, -0.25) is 9.59 Å². The van der Waals surface area contributed by atoms with Crippen molar-refractivity contribution in [2.75, 3.05) is 0 Å². The van der Waals surface area contributed by atoms with Crippen molar-refractivity contribution in [2.45, 2.75) is 6.18 Å². The third-order valence-electron chi connectivity index (χ3n) is 1.99. The maximum atomic E-state index is 12.6. The number of hydrogen-bond acceptors (Lipinski definition) is 3. The molecule has 0 saturated heterocycles. The number of halogens is 4. The SMILES string of the molecule is N#Cc1ccc(C(F)(F)F)c(C(=O)Cl)c1C=O. The largest absolute Gasteiger partial charge is 0.417 e. The first kappa shape index (κ1) is 13.2. The number of aldehydes is 1. The van der Waals surface area contributed by atoms with Crippen molar-refractivity contribution in [2.24, 2.45) is 0 Å². The molecule has 0 bridgehead atoms. The summed E-state index contributed by atoms with van der Waals surface area (Å²) in [5.74, 6) is 0. The highest BCUT2D eigenvalue weighted by Crippen LogP contribution is 2.34. The number of carbonyl (C=O) groups excluding carboxylic acids is 2. The second-order valence-electron chi connectivity index (χ2n) is 2.95. The summed E-state index contributed by atoms with van der Waals surface area (Å²) < 4.78 is 37.7. The van der Waals surface area contributed by atoms with E-state index in [1.807, 2.05) is 0 Å². The van der Waals surface area contributed by atoms with Crippen molar-refractivity contribution in [3.63, 3.8) is 0 Å². The van der Waals surface area contributed by atoms with Gasteiger partial charge in [0.15, 0.2) is 6.29 Å². The highest BCUT2D eigenvalue weighted by molar-refractivity contribution is 6.68. The Kier molecular flexibility index (Phi) is 3.53. The molecule has 0 radical (unpaired) electrons. The molecule has 0 aliphatic carbocycles. The number of carbonyl (C=O) groups is 2. The minimum absolute atomic E-state index is 0.00338. The van der Waals surface area contributed by atoms with Crippen molar-refractivity contribution in [3.8, 4) is 6.07 Å². The third-order valence-corrected chi connectivity index (χ3v) is 2.17. The normalized spacial score (nSPS) is 10.8.